The molecule has 0 aliphatic carbocycles. The highest BCUT2D eigenvalue weighted by atomic mass is 32.2. The number of H-pyrrole nitrogens is 1. The quantitative estimate of drug-likeness (QED) is 0.422. The summed E-state index contributed by atoms with van der Waals surface area (Å²) in [6.07, 6.45) is 0. The van der Waals surface area contributed by atoms with Crippen molar-refractivity contribution in [2.45, 2.75) is 30.8 Å². The van der Waals surface area contributed by atoms with E-state index in [2.05, 4.69) is 31.6 Å². The number of morpholine rings is 1. The number of ether oxygens (including phenoxy) is 1. The van der Waals surface area contributed by atoms with Crippen molar-refractivity contribution in [1.82, 2.24) is 24.7 Å². The van der Waals surface area contributed by atoms with E-state index in [1.54, 1.807) is 23.1 Å². The zero-order valence-electron chi connectivity index (χ0n) is 17.2. The molecule has 0 saturated carbocycles. The summed E-state index contributed by atoms with van der Waals surface area (Å²) in [5, 5.41) is 14.3. The normalized spacial score (nSPS) is 15.6. The number of thioether (sulfide) groups is 1. The van der Waals surface area contributed by atoms with Gasteiger partial charge in [0.1, 0.15) is 10.7 Å². The third-order valence-electron chi connectivity index (χ3n) is 5.22. The molecule has 1 atom stereocenters. The fourth-order valence-corrected chi connectivity index (χ4v) is 6.36. The number of aromatic nitrogens is 5. The van der Waals surface area contributed by atoms with Gasteiger partial charge < -0.3 is 14.6 Å². The number of fused-ring (bicyclic) bond motifs is 1. The molecule has 0 spiro atoms. The van der Waals surface area contributed by atoms with Crippen molar-refractivity contribution >= 4 is 50.6 Å². The highest BCUT2D eigenvalue weighted by Crippen LogP contribution is 2.37. The second kappa shape index (κ2) is 8.73. The summed E-state index contributed by atoms with van der Waals surface area (Å²) in [6.45, 7) is 7.93. The highest BCUT2D eigenvalue weighted by Gasteiger charge is 2.23. The lowest BCUT2D eigenvalue weighted by Crippen LogP contribution is -2.38. The molecule has 0 amide bonds. The maximum Gasteiger partial charge on any atom is 0.260 e. The summed E-state index contributed by atoms with van der Waals surface area (Å²) in [5.41, 5.74) is 0.861. The fraction of sp³-hybridized carbons (Fsp3) is 0.400. The van der Waals surface area contributed by atoms with Crippen molar-refractivity contribution in [1.29, 1.82) is 0 Å². The standard InChI is InChI=1S/C20H22N6O2S3/c1-3-26-19(25-6-8-28-9-7-25)23-24-20(26)31-12(2)16-21-17(27)15-13(11-30-18(15)22-16)14-5-4-10-29-14/h4-5,10-12H,3,6-9H2,1-2H3,(H,21,22,27)/t12-/m1/s1. The maximum absolute atomic E-state index is 12.9. The van der Waals surface area contributed by atoms with Crippen LogP contribution >= 0.6 is 34.4 Å². The van der Waals surface area contributed by atoms with Crippen molar-refractivity contribution in [3.8, 4) is 10.4 Å². The number of nitrogens with one attached hydrogen (secondary N) is 1. The first-order valence-electron chi connectivity index (χ1n) is 10.1. The molecule has 1 N–H and O–H groups in total. The van der Waals surface area contributed by atoms with E-state index in [4.69, 9.17) is 9.72 Å². The van der Waals surface area contributed by atoms with Gasteiger partial charge in [-0.15, -0.1) is 32.9 Å². The van der Waals surface area contributed by atoms with Crippen LogP contribution in [0.4, 0.5) is 5.95 Å². The zero-order valence-corrected chi connectivity index (χ0v) is 19.6. The van der Waals surface area contributed by atoms with Gasteiger partial charge in [0.05, 0.1) is 23.8 Å². The molecule has 0 bridgehead atoms. The van der Waals surface area contributed by atoms with Crippen LogP contribution in [0.2, 0.25) is 0 Å². The second-order valence-electron chi connectivity index (χ2n) is 7.14. The van der Waals surface area contributed by atoms with Gasteiger partial charge in [-0.2, -0.15) is 0 Å². The molecular formula is C20H22N6O2S3. The minimum Gasteiger partial charge on any atom is -0.378 e. The average molecular weight is 475 g/mol. The number of aromatic amines is 1. The number of rotatable bonds is 6. The van der Waals surface area contributed by atoms with Crippen molar-refractivity contribution < 1.29 is 4.74 Å². The lowest BCUT2D eigenvalue weighted by atomic mass is 10.2. The van der Waals surface area contributed by atoms with Crippen LogP contribution in [0.25, 0.3) is 20.7 Å². The first kappa shape index (κ1) is 20.7. The molecule has 4 aromatic rings. The fourth-order valence-electron chi connectivity index (χ4n) is 3.63. The molecule has 0 radical (unpaired) electrons. The summed E-state index contributed by atoms with van der Waals surface area (Å²) in [5.74, 6) is 1.52. The van der Waals surface area contributed by atoms with Crippen molar-refractivity contribution in [3.63, 3.8) is 0 Å². The van der Waals surface area contributed by atoms with E-state index in [0.29, 0.717) is 24.4 Å². The van der Waals surface area contributed by atoms with Gasteiger partial charge in [-0.25, -0.2) is 4.98 Å². The third kappa shape index (κ3) is 3.91. The summed E-state index contributed by atoms with van der Waals surface area (Å²) in [4.78, 5) is 24.8. The zero-order chi connectivity index (χ0) is 21.4. The lowest BCUT2D eigenvalue weighted by molar-refractivity contribution is 0.121. The highest BCUT2D eigenvalue weighted by molar-refractivity contribution is 7.99. The van der Waals surface area contributed by atoms with E-state index in [0.717, 1.165) is 46.0 Å². The van der Waals surface area contributed by atoms with Gasteiger partial charge in [0.15, 0.2) is 5.16 Å². The minimum atomic E-state index is -0.0944. The first-order valence-corrected chi connectivity index (χ1v) is 12.8. The SMILES string of the molecule is CCn1c(S[C@H](C)c2nc3scc(-c4cccs4)c3c(=O)[nH]2)nnc1N1CCOCC1. The van der Waals surface area contributed by atoms with Crippen LogP contribution in [0.5, 0.6) is 0 Å². The van der Waals surface area contributed by atoms with Crippen LogP contribution in [0.3, 0.4) is 0 Å². The van der Waals surface area contributed by atoms with Crippen LogP contribution in [-0.2, 0) is 11.3 Å². The van der Waals surface area contributed by atoms with Gasteiger partial charge in [-0.3, -0.25) is 9.36 Å². The Labute approximate surface area is 191 Å². The Hall–Kier alpha value is -2.21. The molecule has 162 valence electrons. The van der Waals surface area contributed by atoms with Gasteiger partial charge >= 0.3 is 0 Å². The first-order chi connectivity index (χ1) is 15.2. The van der Waals surface area contributed by atoms with Crippen molar-refractivity contribution in [3.05, 3.63) is 39.1 Å². The predicted octanol–water partition coefficient (Wildman–Crippen LogP) is 4.01. The van der Waals surface area contributed by atoms with E-state index in [-0.39, 0.29) is 10.8 Å². The van der Waals surface area contributed by atoms with Crippen molar-refractivity contribution in [2.75, 3.05) is 31.2 Å². The Morgan fingerprint density at radius 2 is 2.13 bits per heavy atom. The average Bonchev–Trinajstić information content (AvgIpc) is 3.53. The monoisotopic (exact) mass is 474 g/mol. The van der Waals surface area contributed by atoms with E-state index >= 15 is 0 Å². The molecule has 11 heteroatoms. The van der Waals surface area contributed by atoms with Gasteiger partial charge in [-0.05, 0) is 25.3 Å². The Morgan fingerprint density at radius 1 is 1.29 bits per heavy atom. The van der Waals surface area contributed by atoms with E-state index in [1.807, 2.05) is 29.8 Å². The topological polar surface area (TPSA) is 88.9 Å². The summed E-state index contributed by atoms with van der Waals surface area (Å²) in [6, 6.07) is 4.02. The molecule has 4 aromatic heterocycles. The Morgan fingerprint density at radius 3 is 2.87 bits per heavy atom. The van der Waals surface area contributed by atoms with Crippen LogP contribution in [0.15, 0.2) is 32.8 Å². The van der Waals surface area contributed by atoms with Crippen LogP contribution in [0, 0.1) is 0 Å². The largest absolute Gasteiger partial charge is 0.378 e. The smallest absolute Gasteiger partial charge is 0.260 e. The molecule has 1 aliphatic rings. The Kier molecular flexibility index (Phi) is 5.83. The summed E-state index contributed by atoms with van der Waals surface area (Å²) in [7, 11) is 0. The number of hydrogen-bond donors (Lipinski definition) is 1. The van der Waals surface area contributed by atoms with Gasteiger partial charge in [0.2, 0.25) is 5.95 Å². The molecule has 5 rings (SSSR count). The molecule has 1 saturated heterocycles. The van der Waals surface area contributed by atoms with E-state index in [9.17, 15) is 4.79 Å². The molecule has 31 heavy (non-hydrogen) atoms. The predicted molar refractivity (Wildman–Crippen MR) is 127 cm³/mol. The van der Waals surface area contributed by atoms with Gasteiger partial charge in [0, 0.05) is 35.5 Å². The van der Waals surface area contributed by atoms with Gasteiger partial charge in [-0.1, -0.05) is 17.8 Å². The lowest BCUT2D eigenvalue weighted by Gasteiger charge is -2.27. The molecule has 0 aromatic carbocycles. The van der Waals surface area contributed by atoms with Gasteiger partial charge in [0.25, 0.3) is 5.56 Å². The number of thiophene rings is 2. The number of hydrogen-bond acceptors (Lipinski definition) is 9. The molecular weight excluding hydrogens is 452 g/mol. The Bertz CT molecular complexity index is 1240. The third-order valence-corrected chi connectivity index (χ3v) is 8.09. The molecule has 1 aliphatic heterocycles. The van der Waals surface area contributed by atoms with Crippen molar-refractivity contribution in [2.24, 2.45) is 0 Å². The Balaban J connectivity index is 1.43. The summed E-state index contributed by atoms with van der Waals surface area (Å²) < 4.78 is 7.57. The summed E-state index contributed by atoms with van der Waals surface area (Å²) >= 11 is 4.70. The minimum absolute atomic E-state index is 0.0728. The van der Waals surface area contributed by atoms with E-state index < -0.39 is 0 Å². The number of nitrogens with zero attached hydrogens (tertiary/aromatic N) is 5. The van der Waals surface area contributed by atoms with Crippen LogP contribution < -0.4 is 10.5 Å². The second-order valence-corrected chi connectivity index (χ2v) is 10.3. The number of anilines is 1. The molecule has 5 heterocycles. The maximum atomic E-state index is 12.9. The molecule has 1 fully saturated rings. The molecule has 8 nitrogen and oxygen atoms in total. The van der Waals surface area contributed by atoms with Crippen LogP contribution in [-0.4, -0.2) is 51.0 Å². The van der Waals surface area contributed by atoms with Crippen LogP contribution in [0.1, 0.15) is 24.9 Å². The molecule has 0 unspecified atom stereocenters. The van der Waals surface area contributed by atoms with E-state index in [1.165, 1.54) is 11.3 Å².